The third-order valence-corrected chi connectivity index (χ3v) is 6.21. The number of halogens is 1. The highest BCUT2D eigenvalue weighted by Crippen LogP contribution is 2.46. The van der Waals surface area contributed by atoms with E-state index in [0.29, 0.717) is 29.7 Å². The minimum absolute atomic E-state index is 0.00666. The van der Waals surface area contributed by atoms with Gasteiger partial charge >= 0.3 is 0 Å². The minimum atomic E-state index is -0.544. The molecule has 0 saturated heterocycles. The number of allylic oxidation sites excluding steroid dienone is 1. The molecule has 3 aromatic carbocycles. The van der Waals surface area contributed by atoms with E-state index in [2.05, 4.69) is 10.6 Å². The molecular formula is C26H23FN2O3. The monoisotopic (exact) mass is 430 g/mol. The Morgan fingerprint density at radius 2 is 1.72 bits per heavy atom. The molecule has 5 rings (SSSR count). The van der Waals surface area contributed by atoms with Crippen molar-refractivity contribution < 1.29 is 19.0 Å². The Morgan fingerprint density at radius 3 is 2.47 bits per heavy atom. The van der Waals surface area contributed by atoms with Crippen LogP contribution in [0.1, 0.15) is 35.9 Å². The third kappa shape index (κ3) is 3.47. The van der Waals surface area contributed by atoms with Crippen LogP contribution in [0.5, 0.6) is 11.5 Å². The fourth-order valence-electron chi connectivity index (χ4n) is 4.63. The summed E-state index contributed by atoms with van der Waals surface area (Å²) >= 11 is 0. The van der Waals surface area contributed by atoms with E-state index in [-0.39, 0.29) is 23.3 Å². The zero-order valence-electron chi connectivity index (χ0n) is 17.6. The maximum Gasteiger partial charge on any atom is 0.163 e. The second kappa shape index (κ2) is 8.04. The van der Waals surface area contributed by atoms with E-state index < -0.39 is 6.04 Å². The molecule has 5 nitrogen and oxygen atoms in total. The molecule has 1 heterocycles. The molecule has 3 N–H and O–H groups in total. The second-order valence-corrected chi connectivity index (χ2v) is 8.12. The topological polar surface area (TPSA) is 70.6 Å². The van der Waals surface area contributed by atoms with Gasteiger partial charge in [-0.3, -0.25) is 4.79 Å². The lowest BCUT2D eigenvalue weighted by Crippen LogP contribution is -2.27. The molecular weight excluding hydrogens is 407 g/mol. The van der Waals surface area contributed by atoms with Crippen LogP contribution in [0.3, 0.4) is 0 Å². The number of phenols is 1. The Labute approximate surface area is 185 Å². The number of carbonyl (C=O) groups excluding carboxylic acids is 1. The Kier molecular flexibility index (Phi) is 5.05. The average Bonchev–Trinajstić information content (AvgIpc) is 2.96. The van der Waals surface area contributed by atoms with Crippen molar-refractivity contribution >= 4 is 17.2 Å². The van der Waals surface area contributed by atoms with Gasteiger partial charge in [-0.1, -0.05) is 36.4 Å². The number of fused-ring (bicyclic) bond motifs is 1. The first-order valence-corrected chi connectivity index (χ1v) is 10.6. The molecule has 1 aliphatic heterocycles. The number of carbonyl (C=O) groups is 1. The summed E-state index contributed by atoms with van der Waals surface area (Å²) < 4.78 is 18.7. The molecule has 2 unspecified atom stereocenters. The van der Waals surface area contributed by atoms with Gasteiger partial charge in [-0.05, 0) is 48.2 Å². The van der Waals surface area contributed by atoms with Gasteiger partial charge in [0.2, 0.25) is 0 Å². The van der Waals surface area contributed by atoms with Gasteiger partial charge in [0.05, 0.1) is 24.5 Å². The number of phenolic OH excluding ortho intramolecular Hbond substituents is 1. The fourth-order valence-corrected chi connectivity index (χ4v) is 4.63. The normalized spacial score (nSPS) is 19.9. The molecule has 0 amide bonds. The lowest BCUT2D eigenvalue weighted by Gasteiger charge is -2.30. The number of ether oxygens (including phenoxy) is 1. The largest absolute Gasteiger partial charge is 0.504 e. The van der Waals surface area contributed by atoms with E-state index in [1.165, 1.54) is 19.2 Å². The van der Waals surface area contributed by atoms with Crippen LogP contribution in [0, 0.1) is 5.82 Å². The number of anilines is 2. The van der Waals surface area contributed by atoms with Crippen LogP contribution < -0.4 is 15.4 Å². The van der Waals surface area contributed by atoms with E-state index in [4.69, 9.17) is 4.74 Å². The summed E-state index contributed by atoms with van der Waals surface area (Å²) in [5.74, 6) is -0.00794. The van der Waals surface area contributed by atoms with Crippen LogP contribution in [0.4, 0.5) is 15.8 Å². The first-order chi connectivity index (χ1) is 15.5. The molecule has 2 aliphatic rings. The number of ketones is 1. The second-order valence-electron chi connectivity index (χ2n) is 8.12. The maximum absolute atomic E-state index is 13.5. The van der Waals surface area contributed by atoms with Crippen molar-refractivity contribution in [1.29, 1.82) is 0 Å². The van der Waals surface area contributed by atoms with Gasteiger partial charge in [-0.2, -0.15) is 0 Å². The molecule has 0 bridgehead atoms. The molecule has 162 valence electrons. The number of hydrogen-bond acceptors (Lipinski definition) is 5. The first kappa shape index (κ1) is 20.1. The SMILES string of the molecule is COc1cccc(C2Nc3ccccc3NC3=C2C(=O)CC(c2ccc(F)cc2)C3)c1O. The Bertz CT molecular complexity index is 1220. The molecule has 32 heavy (non-hydrogen) atoms. The molecule has 0 radical (unpaired) electrons. The molecule has 0 spiro atoms. The Morgan fingerprint density at radius 1 is 0.969 bits per heavy atom. The van der Waals surface area contributed by atoms with Crippen LogP contribution >= 0.6 is 0 Å². The van der Waals surface area contributed by atoms with Gasteiger partial charge in [-0.25, -0.2) is 4.39 Å². The van der Waals surface area contributed by atoms with Gasteiger partial charge in [0.15, 0.2) is 17.3 Å². The summed E-state index contributed by atoms with van der Waals surface area (Å²) in [6, 6.07) is 18.8. The zero-order chi connectivity index (χ0) is 22.2. The van der Waals surface area contributed by atoms with Crippen molar-refractivity contribution in [3.05, 3.63) is 94.9 Å². The molecule has 3 aromatic rings. The first-order valence-electron chi connectivity index (χ1n) is 10.6. The molecule has 6 heteroatoms. The highest BCUT2D eigenvalue weighted by Gasteiger charge is 2.37. The van der Waals surface area contributed by atoms with Crippen LogP contribution in [0.15, 0.2) is 78.0 Å². The summed E-state index contributed by atoms with van der Waals surface area (Å²) in [5, 5.41) is 17.8. The van der Waals surface area contributed by atoms with Crippen molar-refractivity contribution in [2.24, 2.45) is 0 Å². The van der Waals surface area contributed by atoms with Gasteiger partial charge < -0.3 is 20.5 Å². The van der Waals surface area contributed by atoms with Gasteiger partial charge in [0.1, 0.15) is 5.82 Å². The van der Waals surface area contributed by atoms with E-state index >= 15 is 0 Å². The van der Waals surface area contributed by atoms with Gasteiger partial charge in [0, 0.05) is 23.3 Å². The minimum Gasteiger partial charge on any atom is -0.504 e. The van der Waals surface area contributed by atoms with Crippen molar-refractivity contribution in [3.8, 4) is 11.5 Å². The number of hydrogen-bond donors (Lipinski definition) is 3. The van der Waals surface area contributed by atoms with Crippen LogP contribution in [-0.4, -0.2) is 18.0 Å². The molecule has 2 atom stereocenters. The van der Waals surface area contributed by atoms with Crippen molar-refractivity contribution in [2.45, 2.75) is 24.8 Å². The van der Waals surface area contributed by atoms with Gasteiger partial charge in [-0.15, -0.1) is 0 Å². The quantitative estimate of drug-likeness (QED) is 0.510. The number of rotatable bonds is 3. The maximum atomic E-state index is 13.5. The van der Waals surface area contributed by atoms with Crippen molar-refractivity contribution in [3.63, 3.8) is 0 Å². The van der Waals surface area contributed by atoms with E-state index in [9.17, 15) is 14.3 Å². The molecule has 0 aromatic heterocycles. The van der Waals surface area contributed by atoms with E-state index in [1.807, 2.05) is 24.3 Å². The number of Topliss-reactive ketones (excluding diaryl/α,β-unsaturated/α-hetero) is 1. The van der Waals surface area contributed by atoms with Crippen LogP contribution in [-0.2, 0) is 4.79 Å². The summed E-state index contributed by atoms with van der Waals surface area (Å²) in [4.78, 5) is 13.5. The summed E-state index contributed by atoms with van der Waals surface area (Å²) in [5.41, 5.74) is 4.60. The number of para-hydroxylation sites is 3. The molecule has 0 saturated carbocycles. The average molecular weight is 430 g/mol. The lowest BCUT2D eigenvalue weighted by molar-refractivity contribution is -0.116. The summed E-state index contributed by atoms with van der Waals surface area (Å²) in [7, 11) is 1.50. The fraction of sp³-hybridized carbons (Fsp3) is 0.192. The Hall–Kier alpha value is -3.80. The number of nitrogens with one attached hydrogen (secondary N) is 2. The molecule has 1 aliphatic carbocycles. The predicted molar refractivity (Wildman–Crippen MR) is 121 cm³/mol. The van der Waals surface area contributed by atoms with E-state index in [1.54, 1.807) is 30.3 Å². The van der Waals surface area contributed by atoms with Crippen molar-refractivity contribution in [2.75, 3.05) is 17.7 Å². The van der Waals surface area contributed by atoms with Crippen LogP contribution in [0.2, 0.25) is 0 Å². The third-order valence-electron chi connectivity index (χ3n) is 6.21. The standard InChI is InChI=1S/C26H23FN2O3/c1-32-23-8-4-5-18(26(23)31)25-24-21(28-19-6-2-3-7-20(19)29-25)13-16(14-22(24)30)15-9-11-17(27)12-10-15/h2-12,16,25,28-29,31H,13-14H2,1H3. The highest BCUT2D eigenvalue weighted by molar-refractivity contribution is 6.01. The Balaban J connectivity index is 1.63. The number of benzene rings is 3. The number of aromatic hydroxyl groups is 1. The van der Waals surface area contributed by atoms with Crippen molar-refractivity contribution in [1.82, 2.24) is 0 Å². The summed E-state index contributed by atoms with van der Waals surface area (Å²) in [6.07, 6.45) is 0.912. The van der Waals surface area contributed by atoms with Crippen LogP contribution in [0.25, 0.3) is 0 Å². The smallest absolute Gasteiger partial charge is 0.163 e. The van der Waals surface area contributed by atoms with Gasteiger partial charge in [0.25, 0.3) is 0 Å². The lowest BCUT2D eigenvalue weighted by atomic mass is 9.78. The number of methoxy groups -OCH3 is 1. The highest BCUT2D eigenvalue weighted by atomic mass is 19.1. The molecule has 0 fully saturated rings. The van der Waals surface area contributed by atoms with E-state index in [0.717, 1.165) is 22.6 Å². The summed E-state index contributed by atoms with van der Waals surface area (Å²) in [6.45, 7) is 0. The predicted octanol–water partition coefficient (Wildman–Crippen LogP) is 5.52. The zero-order valence-corrected chi connectivity index (χ0v) is 17.6.